The van der Waals surface area contributed by atoms with Crippen LogP contribution in [0, 0.1) is 0 Å². The van der Waals surface area contributed by atoms with Crippen molar-refractivity contribution < 1.29 is 4.57 Å². The van der Waals surface area contributed by atoms with Crippen molar-refractivity contribution in [2.45, 2.75) is 0 Å². The lowest BCUT2D eigenvalue weighted by Crippen LogP contribution is -2.25. The molecule has 0 amide bonds. The Morgan fingerprint density at radius 1 is 1.60 bits per heavy atom. The molecule has 0 N–H and O–H groups in total. The third-order valence-corrected chi connectivity index (χ3v) is 2.19. The van der Waals surface area contributed by atoms with E-state index in [9.17, 15) is 0 Å². The zero-order valence-electron chi connectivity index (χ0n) is 5.61. The number of aromatic nitrogens is 2. The fraction of sp³-hybridized carbons (Fsp3) is 0.143. The van der Waals surface area contributed by atoms with Crippen molar-refractivity contribution in [2.75, 3.05) is 0 Å². The van der Waals surface area contributed by atoms with Gasteiger partial charge in [0.25, 0.3) is 0 Å². The molecule has 0 saturated carbocycles. The second-order valence-electron chi connectivity index (χ2n) is 2.21. The standard InChI is InChI=1S/C7H7N2S/c1-9-3-2-6-7(4-9)10-5-8-6/h2-5H,1H3/q+1. The van der Waals surface area contributed by atoms with Crippen molar-refractivity contribution in [3.63, 3.8) is 0 Å². The lowest BCUT2D eigenvalue weighted by molar-refractivity contribution is -0.670. The lowest BCUT2D eigenvalue weighted by Gasteiger charge is -1.83. The van der Waals surface area contributed by atoms with E-state index in [0.29, 0.717) is 0 Å². The van der Waals surface area contributed by atoms with Crippen molar-refractivity contribution in [3.8, 4) is 0 Å². The first-order valence-corrected chi connectivity index (χ1v) is 3.93. The minimum atomic E-state index is 1.09. The van der Waals surface area contributed by atoms with Gasteiger partial charge in [0.15, 0.2) is 12.4 Å². The number of thiazole rings is 1. The van der Waals surface area contributed by atoms with E-state index >= 15 is 0 Å². The molecule has 0 spiro atoms. The smallest absolute Gasteiger partial charge is 0.188 e. The maximum atomic E-state index is 4.16. The molecule has 2 nitrogen and oxygen atoms in total. The number of nitrogens with zero attached hydrogens (tertiary/aromatic N) is 2. The van der Waals surface area contributed by atoms with Crippen molar-refractivity contribution >= 4 is 21.6 Å². The highest BCUT2D eigenvalue weighted by atomic mass is 32.1. The molecular formula is C7H7N2S+. The minimum Gasteiger partial charge on any atom is -0.244 e. The second kappa shape index (κ2) is 2.02. The Labute approximate surface area is 62.8 Å². The van der Waals surface area contributed by atoms with Gasteiger partial charge < -0.3 is 0 Å². The van der Waals surface area contributed by atoms with Crippen LogP contribution in [-0.4, -0.2) is 4.98 Å². The Hall–Kier alpha value is -0.960. The van der Waals surface area contributed by atoms with Gasteiger partial charge >= 0.3 is 0 Å². The third kappa shape index (κ3) is 0.789. The summed E-state index contributed by atoms with van der Waals surface area (Å²) in [7, 11) is 2.01. The molecule has 0 aliphatic heterocycles. The average Bonchev–Trinajstić information content (AvgIpc) is 2.33. The summed E-state index contributed by atoms with van der Waals surface area (Å²) in [6, 6.07) is 2.02. The number of hydrogen-bond donors (Lipinski definition) is 0. The van der Waals surface area contributed by atoms with Crippen molar-refractivity contribution in [1.29, 1.82) is 0 Å². The number of hydrogen-bond acceptors (Lipinski definition) is 2. The third-order valence-electron chi connectivity index (χ3n) is 1.41. The molecule has 10 heavy (non-hydrogen) atoms. The number of rotatable bonds is 0. The van der Waals surface area contributed by atoms with E-state index < -0.39 is 0 Å². The largest absolute Gasteiger partial charge is 0.244 e. The second-order valence-corrected chi connectivity index (χ2v) is 3.10. The summed E-state index contributed by atoms with van der Waals surface area (Å²) in [5.41, 5.74) is 2.95. The van der Waals surface area contributed by atoms with Gasteiger partial charge in [0, 0.05) is 6.07 Å². The Bertz CT molecular complexity index is 353. The molecule has 2 rings (SSSR count). The van der Waals surface area contributed by atoms with Crippen LogP contribution in [-0.2, 0) is 7.05 Å². The van der Waals surface area contributed by atoms with Gasteiger partial charge in [-0.3, -0.25) is 0 Å². The highest BCUT2D eigenvalue weighted by Gasteiger charge is 1.98. The number of aryl methyl sites for hydroxylation is 1. The van der Waals surface area contributed by atoms with Crippen LogP contribution in [0.2, 0.25) is 0 Å². The van der Waals surface area contributed by atoms with E-state index in [1.807, 2.05) is 29.4 Å². The minimum absolute atomic E-state index is 1.09. The molecule has 2 aromatic heterocycles. The van der Waals surface area contributed by atoms with Gasteiger partial charge in [0.2, 0.25) is 0 Å². The molecule has 2 heterocycles. The summed E-state index contributed by atoms with van der Waals surface area (Å²) in [4.78, 5) is 4.16. The Morgan fingerprint density at radius 3 is 3.40 bits per heavy atom. The summed E-state index contributed by atoms with van der Waals surface area (Å²) in [5.74, 6) is 0. The fourth-order valence-electron chi connectivity index (χ4n) is 0.902. The molecule has 0 radical (unpaired) electrons. The van der Waals surface area contributed by atoms with Crippen molar-refractivity contribution in [1.82, 2.24) is 4.98 Å². The molecular weight excluding hydrogens is 144 g/mol. The van der Waals surface area contributed by atoms with Gasteiger partial charge in [-0.25, -0.2) is 9.55 Å². The highest BCUT2D eigenvalue weighted by molar-refractivity contribution is 7.16. The molecule has 0 unspecified atom stereocenters. The van der Waals surface area contributed by atoms with Crippen LogP contribution in [0.3, 0.4) is 0 Å². The predicted octanol–water partition coefficient (Wildman–Crippen LogP) is 1.12. The molecule has 50 valence electrons. The first kappa shape index (κ1) is 5.80. The summed E-state index contributed by atoms with van der Waals surface area (Å²) >= 11 is 1.67. The van der Waals surface area contributed by atoms with E-state index in [1.54, 1.807) is 11.3 Å². The zero-order valence-corrected chi connectivity index (χ0v) is 6.43. The molecule has 3 heteroatoms. The van der Waals surface area contributed by atoms with Crippen LogP contribution in [0.4, 0.5) is 0 Å². The predicted molar refractivity (Wildman–Crippen MR) is 40.8 cm³/mol. The summed E-state index contributed by atoms with van der Waals surface area (Å²) < 4.78 is 3.27. The zero-order chi connectivity index (χ0) is 6.97. The van der Waals surface area contributed by atoms with E-state index in [1.165, 1.54) is 4.70 Å². The van der Waals surface area contributed by atoms with Gasteiger partial charge in [-0.05, 0) is 0 Å². The molecule has 0 aliphatic rings. The SMILES string of the molecule is C[n+]1ccc2ncsc2c1. The van der Waals surface area contributed by atoms with Crippen LogP contribution < -0.4 is 4.57 Å². The van der Waals surface area contributed by atoms with Crippen LogP contribution in [0.1, 0.15) is 0 Å². The van der Waals surface area contributed by atoms with Gasteiger partial charge in [0.05, 0.1) is 11.0 Å². The molecule has 0 fully saturated rings. The summed E-state index contributed by atoms with van der Waals surface area (Å²) in [6.45, 7) is 0. The Morgan fingerprint density at radius 2 is 2.50 bits per heavy atom. The van der Waals surface area contributed by atoms with Gasteiger partial charge in [-0.2, -0.15) is 0 Å². The van der Waals surface area contributed by atoms with E-state index in [-0.39, 0.29) is 0 Å². The first-order valence-electron chi connectivity index (χ1n) is 3.05. The topological polar surface area (TPSA) is 16.8 Å². The maximum absolute atomic E-state index is 4.16. The van der Waals surface area contributed by atoms with Crippen LogP contribution >= 0.6 is 11.3 Å². The van der Waals surface area contributed by atoms with E-state index in [0.717, 1.165) is 5.52 Å². The molecule has 0 aromatic carbocycles. The van der Waals surface area contributed by atoms with Crippen LogP contribution in [0.5, 0.6) is 0 Å². The lowest BCUT2D eigenvalue weighted by atomic mass is 10.4. The van der Waals surface area contributed by atoms with E-state index in [4.69, 9.17) is 0 Å². The van der Waals surface area contributed by atoms with Crippen molar-refractivity contribution in [3.05, 3.63) is 24.0 Å². The molecule has 0 aliphatic carbocycles. The molecule has 0 saturated heterocycles. The maximum Gasteiger partial charge on any atom is 0.188 e. The monoisotopic (exact) mass is 151 g/mol. The number of fused-ring (bicyclic) bond motifs is 1. The number of pyridine rings is 1. The van der Waals surface area contributed by atoms with Gasteiger partial charge in [-0.1, -0.05) is 0 Å². The highest BCUT2D eigenvalue weighted by Crippen LogP contribution is 2.13. The molecule has 2 aromatic rings. The molecule has 0 atom stereocenters. The first-order chi connectivity index (χ1) is 4.86. The quantitative estimate of drug-likeness (QED) is 0.515. The van der Waals surface area contributed by atoms with E-state index in [2.05, 4.69) is 11.2 Å². The van der Waals surface area contributed by atoms with Gasteiger partial charge in [0.1, 0.15) is 11.7 Å². The Kier molecular flexibility index (Phi) is 1.17. The fourth-order valence-corrected chi connectivity index (χ4v) is 1.65. The Balaban J connectivity index is 2.86. The van der Waals surface area contributed by atoms with Crippen LogP contribution in [0.25, 0.3) is 10.2 Å². The molecule has 0 bridgehead atoms. The average molecular weight is 151 g/mol. The summed E-state index contributed by atoms with van der Waals surface area (Å²) in [5, 5.41) is 0. The van der Waals surface area contributed by atoms with Gasteiger partial charge in [-0.15, -0.1) is 11.3 Å². The van der Waals surface area contributed by atoms with Crippen molar-refractivity contribution in [2.24, 2.45) is 7.05 Å². The normalized spacial score (nSPS) is 10.5. The van der Waals surface area contributed by atoms with Crippen LogP contribution in [0.15, 0.2) is 24.0 Å². The summed E-state index contributed by atoms with van der Waals surface area (Å²) in [6.07, 6.45) is 4.08.